The first-order valence-corrected chi connectivity index (χ1v) is 6.79. The zero-order valence-electron chi connectivity index (χ0n) is 9.85. The number of hydrogen-bond donors (Lipinski definition) is 1. The Balaban J connectivity index is 1.97. The highest BCUT2D eigenvalue weighted by molar-refractivity contribution is 8.00. The number of aliphatic hydroxyl groups excluding tert-OH is 1. The first-order valence-electron chi connectivity index (χ1n) is 5.75. The Hall–Kier alpha value is -0.450. The Morgan fingerprint density at radius 3 is 2.88 bits per heavy atom. The Morgan fingerprint density at radius 1 is 1.44 bits per heavy atom. The lowest BCUT2D eigenvalue weighted by atomic mass is 10.2. The van der Waals surface area contributed by atoms with Crippen molar-refractivity contribution in [1.82, 2.24) is 4.90 Å². The Morgan fingerprint density at radius 2 is 2.19 bits per heavy atom. The van der Waals surface area contributed by atoms with E-state index < -0.39 is 0 Å². The largest absolute Gasteiger partial charge is 0.462 e. The minimum atomic E-state index is -0.0121. The van der Waals surface area contributed by atoms with Gasteiger partial charge in [0.1, 0.15) is 18.1 Å². The number of thioether (sulfide) groups is 1. The minimum absolute atomic E-state index is 0.0121. The van der Waals surface area contributed by atoms with Crippen molar-refractivity contribution in [3.8, 4) is 0 Å². The van der Waals surface area contributed by atoms with Crippen LogP contribution in [-0.2, 0) is 13.2 Å². The number of hydrogen-bond acceptors (Lipinski definition) is 4. The Kier molecular flexibility index (Phi) is 3.95. The maximum absolute atomic E-state index is 8.94. The van der Waals surface area contributed by atoms with Crippen LogP contribution in [0.2, 0.25) is 0 Å². The summed E-state index contributed by atoms with van der Waals surface area (Å²) in [5, 5.41) is 9.62. The molecule has 2 atom stereocenters. The van der Waals surface area contributed by atoms with Crippen molar-refractivity contribution in [2.75, 3.05) is 12.3 Å². The fraction of sp³-hybridized carbons (Fsp3) is 0.667. The van der Waals surface area contributed by atoms with Crippen molar-refractivity contribution in [3.05, 3.63) is 23.7 Å². The van der Waals surface area contributed by atoms with Crippen LogP contribution in [0.5, 0.6) is 0 Å². The Bertz CT molecular complexity index is 340. The van der Waals surface area contributed by atoms with Gasteiger partial charge in [0, 0.05) is 23.6 Å². The van der Waals surface area contributed by atoms with E-state index in [0.29, 0.717) is 17.1 Å². The van der Waals surface area contributed by atoms with Crippen LogP contribution >= 0.6 is 11.8 Å². The molecule has 0 amide bonds. The summed E-state index contributed by atoms with van der Waals surface area (Å²) in [6, 6.07) is 4.40. The average molecular weight is 241 g/mol. The monoisotopic (exact) mass is 241 g/mol. The van der Waals surface area contributed by atoms with Gasteiger partial charge < -0.3 is 9.52 Å². The van der Waals surface area contributed by atoms with Crippen LogP contribution in [0.1, 0.15) is 25.4 Å². The first-order chi connectivity index (χ1) is 7.70. The van der Waals surface area contributed by atoms with E-state index in [9.17, 15) is 0 Å². The van der Waals surface area contributed by atoms with Gasteiger partial charge in [0.25, 0.3) is 0 Å². The average Bonchev–Trinajstić information content (AvgIpc) is 2.73. The van der Waals surface area contributed by atoms with Gasteiger partial charge in [-0.1, -0.05) is 6.92 Å². The minimum Gasteiger partial charge on any atom is -0.462 e. The van der Waals surface area contributed by atoms with E-state index in [0.717, 1.165) is 18.8 Å². The normalized spacial score (nSPS) is 27.2. The molecular weight excluding hydrogens is 222 g/mol. The highest BCUT2D eigenvalue weighted by atomic mass is 32.2. The predicted molar refractivity (Wildman–Crippen MR) is 66.4 cm³/mol. The highest BCUT2D eigenvalue weighted by Crippen LogP contribution is 2.25. The quantitative estimate of drug-likeness (QED) is 0.879. The van der Waals surface area contributed by atoms with Gasteiger partial charge in [0.05, 0.1) is 6.54 Å². The molecule has 90 valence electrons. The van der Waals surface area contributed by atoms with Gasteiger partial charge in [-0.25, -0.2) is 0 Å². The topological polar surface area (TPSA) is 36.6 Å². The molecule has 4 heteroatoms. The molecule has 0 aliphatic carbocycles. The van der Waals surface area contributed by atoms with Crippen LogP contribution in [0.4, 0.5) is 0 Å². The summed E-state index contributed by atoms with van der Waals surface area (Å²) >= 11 is 2.04. The van der Waals surface area contributed by atoms with Crippen molar-refractivity contribution in [3.63, 3.8) is 0 Å². The maximum Gasteiger partial charge on any atom is 0.129 e. The lowest BCUT2D eigenvalue weighted by Gasteiger charge is -2.36. The van der Waals surface area contributed by atoms with E-state index in [1.165, 1.54) is 5.75 Å². The van der Waals surface area contributed by atoms with Gasteiger partial charge >= 0.3 is 0 Å². The molecule has 1 aromatic heterocycles. The van der Waals surface area contributed by atoms with Gasteiger partial charge in [-0.3, -0.25) is 4.90 Å². The molecule has 1 aromatic rings. The van der Waals surface area contributed by atoms with Gasteiger partial charge in [-0.05, 0) is 19.1 Å². The maximum atomic E-state index is 8.94. The number of rotatable bonds is 3. The SMILES string of the molecule is CC1SCCN(Cc2ccc(CO)o2)C1C. The van der Waals surface area contributed by atoms with Crippen molar-refractivity contribution in [1.29, 1.82) is 0 Å². The molecule has 0 radical (unpaired) electrons. The smallest absolute Gasteiger partial charge is 0.129 e. The molecule has 0 aromatic carbocycles. The van der Waals surface area contributed by atoms with E-state index in [-0.39, 0.29) is 6.61 Å². The third kappa shape index (κ3) is 2.62. The molecule has 2 rings (SSSR count). The van der Waals surface area contributed by atoms with E-state index in [2.05, 4.69) is 18.7 Å². The predicted octanol–water partition coefficient (Wildman–Crippen LogP) is 2.10. The number of furan rings is 1. The van der Waals surface area contributed by atoms with Crippen molar-refractivity contribution < 1.29 is 9.52 Å². The highest BCUT2D eigenvalue weighted by Gasteiger charge is 2.25. The third-order valence-corrected chi connectivity index (χ3v) is 4.58. The second kappa shape index (κ2) is 5.25. The number of aliphatic hydroxyl groups is 1. The molecule has 2 unspecified atom stereocenters. The summed E-state index contributed by atoms with van der Waals surface area (Å²) in [5.74, 6) is 2.80. The zero-order chi connectivity index (χ0) is 11.5. The fourth-order valence-electron chi connectivity index (χ4n) is 2.01. The van der Waals surface area contributed by atoms with Crippen LogP contribution in [0.25, 0.3) is 0 Å². The lowest BCUT2D eigenvalue weighted by molar-refractivity contribution is 0.181. The molecule has 1 N–H and O–H groups in total. The van der Waals surface area contributed by atoms with Crippen molar-refractivity contribution in [2.24, 2.45) is 0 Å². The summed E-state index contributed by atoms with van der Waals surface area (Å²) in [5.41, 5.74) is 0. The molecule has 3 nitrogen and oxygen atoms in total. The molecule has 1 saturated heterocycles. The van der Waals surface area contributed by atoms with Gasteiger partial charge in [0.2, 0.25) is 0 Å². The molecule has 0 saturated carbocycles. The van der Waals surface area contributed by atoms with E-state index in [1.807, 2.05) is 23.9 Å². The van der Waals surface area contributed by atoms with E-state index >= 15 is 0 Å². The van der Waals surface area contributed by atoms with Gasteiger partial charge in [-0.2, -0.15) is 11.8 Å². The third-order valence-electron chi connectivity index (χ3n) is 3.25. The van der Waals surface area contributed by atoms with Crippen LogP contribution < -0.4 is 0 Å². The molecule has 1 fully saturated rings. The zero-order valence-corrected chi connectivity index (χ0v) is 10.7. The molecule has 0 spiro atoms. The standard InChI is InChI=1S/C12H19NO2S/c1-9-10(2)16-6-5-13(9)7-11-3-4-12(8-14)15-11/h3-4,9-10,14H,5-8H2,1-2H3. The fourth-order valence-corrected chi connectivity index (χ4v) is 3.17. The van der Waals surface area contributed by atoms with Crippen molar-refractivity contribution in [2.45, 2.75) is 38.3 Å². The van der Waals surface area contributed by atoms with Crippen LogP contribution in [-0.4, -0.2) is 33.6 Å². The second-order valence-electron chi connectivity index (χ2n) is 4.31. The summed E-state index contributed by atoms with van der Waals surface area (Å²) in [7, 11) is 0. The van der Waals surface area contributed by atoms with E-state index in [1.54, 1.807) is 0 Å². The number of nitrogens with zero attached hydrogens (tertiary/aromatic N) is 1. The van der Waals surface area contributed by atoms with Gasteiger partial charge in [0.15, 0.2) is 0 Å². The van der Waals surface area contributed by atoms with E-state index in [4.69, 9.17) is 9.52 Å². The second-order valence-corrected chi connectivity index (χ2v) is 5.80. The Labute approximate surface area is 101 Å². The summed E-state index contributed by atoms with van der Waals surface area (Å²) < 4.78 is 5.52. The molecule has 0 bridgehead atoms. The van der Waals surface area contributed by atoms with Crippen LogP contribution in [0, 0.1) is 0 Å². The van der Waals surface area contributed by atoms with Crippen LogP contribution in [0.15, 0.2) is 16.5 Å². The lowest BCUT2D eigenvalue weighted by Crippen LogP contribution is -2.43. The molecule has 16 heavy (non-hydrogen) atoms. The summed E-state index contributed by atoms with van der Waals surface area (Å²) in [6.45, 7) is 6.51. The molecule has 1 aliphatic rings. The molecule has 1 aliphatic heterocycles. The van der Waals surface area contributed by atoms with Gasteiger partial charge in [-0.15, -0.1) is 0 Å². The van der Waals surface area contributed by atoms with Crippen molar-refractivity contribution >= 4 is 11.8 Å². The summed E-state index contributed by atoms with van der Waals surface area (Å²) in [4.78, 5) is 2.45. The van der Waals surface area contributed by atoms with Crippen LogP contribution in [0.3, 0.4) is 0 Å². The molecular formula is C12H19NO2S. The first kappa shape index (κ1) is 12.0. The molecule has 2 heterocycles. The summed E-state index contributed by atoms with van der Waals surface area (Å²) in [6.07, 6.45) is 0.